The van der Waals surface area contributed by atoms with Gasteiger partial charge in [0.05, 0.1) is 11.8 Å². The summed E-state index contributed by atoms with van der Waals surface area (Å²) in [6.45, 7) is 3.64. The van der Waals surface area contributed by atoms with E-state index in [2.05, 4.69) is 17.9 Å². The van der Waals surface area contributed by atoms with Gasteiger partial charge in [0.2, 0.25) is 11.8 Å². The molecule has 18 heavy (non-hydrogen) atoms. The molecular formula is C13H18N2O2S. The fourth-order valence-electron chi connectivity index (χ4n) is 1.27. The minimum Gasteiger partial charge on any atom is -0.369 e. The maximum atomic E-state index is 11.7. The normalized spacial score (nSPS) is 11.1. The molecule has 0 aliphatic carbocycles. The number of benzene rings is 1. The van der Waals surface area contributed by atoms with Gasteiger partial charge in [0.15, 0.2) is 0 Å². The summed E-state index contributed by atoms with van der Waals surface area (Å²) in [6, 6.07) is 7.36. The lowest BCUT2D eigenvalue weighted by molar-refractivity contribution is -0.126. The van der Waals surface area contributed by atoms with E-state index in [1.54, 1.807) is 13.8 Å². The third kappa shape index (κ3) is 4.41. The number of hydrogen-bond acceptors (Lipinski definition) is 3. The first-order chi connectivity index (χ1) is 8.31. The largest absolute Gasteiger partial charge is 0.369 e. The smallest absolute Gasteiger partial charge is 0.224 e. The number of nitrogens with two attached hydrogens (primary N) is 1. The zero-order chi connectivity index (χ0) is 13.8. The molecule has 0 radical (unpaired) electrons. The highest BCUT2D eigenvalue weighted by atomic mass is 32.1. The quantitative estimate of drug-likeness (QED) is 0.699. The first-order valence-electron chi connectivity index (χ1n) is 5.66. The molecule has 0 unspecified atom stereocenters. The van der Waals surface area contributed by atoms with Crippen molar-refractivity contribution in [2.45, 2.75) is 25.2 Å². The molecule has 0 saturated carbocycles. The number of rotatable bonds is 5. The molecule has 1 aromatic rings. The van der Waals surface area contributed by atoms with E-state index in [1.165, 1.54) is 0 Å². The van der Waals surface area contributed by atoms with E-state index in [9.17, 15) is 9.59 Å². The van der Waals surface area contributed by atoms with Crippen molar-refractivity contribution in [2.75, 3.05) is 6.54 Å². The van der Waals surface area contributed by atoms with E-state index >= 15 is 0 Å². The fourth-order valence-corrected chi connectivity index (χ4v) is 1.42. The van der Waals surface area contributed by atoms with Crippen LogP contribution in [0, 0.1) is 5.41 Å². The van der Waals surface area contributed by atoms with Crippen molar-refractivity contribution in [1.82, 2.24) is 5.32 Å². The van der Waals surface area contributed by atoms with Crippen molar-refractivity contribution in [2.24, 2.45) is 11.1 Å². The van der Waals surface area contributed by atoms with Crippen LogP contribution in [0.2, 0.25) is 0 Å². The molecule has 2 amide bonds. The summed E-state index contributed by atoms with van der Waals surface area (Å²) in [5, 5.41) is 2.71. The Kier molecular flexibility index (Phi) is 4.78. The Bertz CT molecular complexity index is 441. The number of hydrogen-bond donors (Lipinski definition) is 3. The number of thiol groups is 1. The highest BCUT2D eigenvalue weighted by molar-refractivity contribution is 7.80. The Hall–Kier alpha value is -1.49. The lowest BCUT2D eigenvalue weighted by Gasteiger charge is -2.20. The third-order valence-corrected chi connectivity index (χ3v) is 2.99. The summed E-state index contributed by atoms with van der Waals surface area (Å²) >= 11 is 4.17. The lowest BCUT2D eigenvalue weighted by Crippen LogP contribution is -2.42. The molecule has 0 saturated heterocycles. The molecule has 1 aromatic carbocycles. The first kappa shape index (κ1) is 14.6. The molecule has 5 heteroatoms. The van der Waals surface area contributed by atoms with Crippen LogP contribution in [-0.2, 0) is 16.0 Å². The standard InChI is InChI=1S/C13H18N2O2S/c1-13(2,12(14)17)8-15-11(16)7-9-3-5-10(18)6-4-9/h3-6,18H,7-8H2,1-2H3,(H2,14,17)(H,15,16). The van der Waals surface area contributed by atoms with E-state index < -0.39 is 11.3 Å². The van der Waals surface area contributed by atoms with Gasteiger partial charge in [-0.3, -0.25) is 9.59 Å². The van der Waals surface area contributed by atoms with Gasteiger partial charge >= 0.3 is 0 Å². The van der Waals surface area contributed by atoms with Crippen LogP contribution in [0.3, 0.4) is 0 Å². The zero-order valence-electron chi connectivity index (χ0n) is 10.6. The van der Waals surface area contributed by atoms with Crippen molar-refractivity contribution < 1.29 is 9.59 Å². The van der Waals surface area contributed by atoms with Crippen LogP contribution < -0.4 is 11.1 Å². The van der Waals surface area contributed by atoms with Crippen LogP contribution in [-0.4, -0.2) is 18.4 Å². The Balaban J connectivity index is 2.48. The van der Waals surface area contributed by atoms with Gasteiger partial charge in [-0.2, -0.15) is 0 Å². The predicted molar refractivity (Wildman–Crippen MR) is 73.4 cm³/mol. The monoisotopic (exact) mass is 266 g/mol. The Morgan fingerprint density at radius 2 is 1.83 bits per heavy atom. The summed E-state index contributed by atoms with van der Waals surface area (Å²) in [7, 11) is 0. The van der Waals surface area contributed by atoms with Crippen LogP contribution >= 0.6 is 12.6 Å². The maximum Gasteiger partial charge on any atom is 0.224 e. The van der Waals surface area contributed by atoms with Crippen LogP contribution in [0.5, 0.6) is 0 Å². The van der Waals surface area contributed by atoms with Crippen LogP contribution in [0.4, 0.5) is 0 Å². The maximum absolute atomic E-state index is 11.7. The molecule has 0 aliphatic rings. The second-order valence-corrected chi connectivity index (χ2v) is 5.38. The summed E-state index contributed by atoms with van der Waals surface area (Å²) in [5.41, 5.74) is 5.40. The van der Waals surface area contributed by atoms with Crippen molar-refractivity contribution in [3.05, 3.63) is 29.8 Å². The van der Waals surface area contributed by atoms with Crippen LogP contribution in [0.1, 0.15) is 19.4 Å². The number of primary amides is 1. The molecule has 0 aliphatic heterocycles. The number of carbonyl (C=O) groups is 2. The Morgan fingerprint density at radius 1 is 1.28 bits per heavy atom. The van der Waals surface area contributed by atoms with E-state index in [4.69, 9.17) is 5.73 Å². The van der Waals surface area contributed by atoms with Gasteiger partial charge in [-0.25, -0.2) is 0 Å². The molecule has 0 bridgehead atoms. The minimum atomic E-state index is -0.732. The number of carbonyl (C=O) groups excluding carboxylic acids is 2. The van der Waals surface area contributed by atoms with Gasteiger partial charge in [0.25, 0.3) is 0 Å². The van der Waals surface area contributed by atoms with E-state index in [0.29, 0.717) is 0 Å². The second-order valence-electron chi connectivity index (χ2n) is 4.87. The molecule has 4 nitrogen and oxygen atoms in total. The van der Waals surface area contributed by atoms with E-state index in [1.807, 2.05) is 24.3 Å². The van der Waals surface area contributed by atoms with Crippen molar-refractivity contribution >= 4 is 24.4 Å². The molecule has 0 heterocycles. The number of amides is 2. The van der Waals surface area contributed by atoms with Crippen LogP contribution in [0.25, 0.3) is 0 Å². The average molecular weight is 266 g/mol. The van der Waals surface area contributed by atoms with E-state index in [0.717, 1.165) is 10.5 Å². The number of nitrogens with one attached hydrogen (secondary N) is 1. The summed E-state index contributed by atoms with van der Waals surface area (Å²) in [6.07, 6.45) is 0.281. The Morgan fingerprint density at radius 3 is 2.33 bits per heavy atom. The summed E-state index contributed by atoms with van der Waals surface area (Å²) in [5.74, 6) is -0.557. The lowest BCUT2D eigenvalue weighted by atomic mass is 9.92. The highest BCUT2D eigenvalue weighted by Crippen LogP contribution is 2.12. The predicted octanol–water partition coefficient (Wildman–Crippen LogP) is 1.15. The van der Waals surface area contributed by atoms with Crippen molar-refractivity contribution in [3.8, 4) is 0 Å². The van der Waals surface area contributed by atoms with Crippen molar-refractivity contribution in [3.63, 3.8) is 0 Å². The van der Waals surface area contributed by atoms with Gasteiger partial charge in [0.1, 0.15) is 0 Å². The SMILES string of the molecule is CC(C)(CNC(=O)Cc1ccc(S)cc1)C(N)=O. The zero-order valence-corrected chi connectivity index (χ0v) is 11.5. The molecule has 0 spiro atoms. The molecule has 3 N–H and O–H groups in total. The molecule has 0 atom stereocenters. The van der Waals surface area contributed by atoms with Gasteiger partial charge < -0.3 is 11.1 Å². The van der Waals surface area contributed by atoms with Gasteiger partial charge in [0, 0.05) is 11.4 Å². The topological polar surface area (TPSA) is 72.2 Å². The third-order valence-electron chi connectivity index (χ3n) is 2.70. The van der Waals surface area contributed by atoms with E-state index in [-0.39, 0.29) is 18.9 Å². The summed E-state index contributed by atoms with van der Waals surface area (Å²) < 4.78 is 0. The van der Waals surface area contributed by atoms with Gasteiger partial charge in [-0.05, 0) is 31.5 Å². The minimum absolute atomic E-state index is 0.128. The first-order valence-corrected chi connectivity index (χ1v) is 6.10. The molecule has 0 aromatic heterocycles. The van der Waals surface area contributed by atoms with Crippen molar-refractivity contribution in [1.29, 1.82) is 0 Å². The molecular weight excluding hydrogens is 248 g/mol. The molecule has 98 valence electrons. The fraction of sp³-hybridized carbons (Fsp3) is 0.385. The van der Waals surface area contributed by atoms with Crippen LogP contribution in [0.15, 0.2) is 29.2 Å². The van der Waals surface area contributed by atoms with Gasteiger partial charge in [-0.15, -0.1) is 12.6 Å². The highest BCUT2D eigenvalue weighted by Gasteiger charge is 2.25. The average Bonchev–Trinajstić information content (AvgIpc) is 2.29. The summed E-state index contributed by atoms with van der Waals surface area (Å²) in [4.78, 5) is 23.6. The Labute approximate surface area is 112 Å². The molecule has 0 fully saturated rings. The van der Waals surface area contributed by atoms with Gasteiger partial charge in [-0.1, -0.05) is 12.1 Å². The molecule has 1 rings (SSSR count). The second kappa shape index (κ2) is 5.91.